The maximum atomic E-state index is 11.8. The molecule has 1 heterocycles. The summed E-state index contributed by atoms with van der Waals surface area (Å²) in [6.07, 6.45) is 2.36. The van der Waals surface area contributed by atoms with Gasteiger partial charge in [-0.15, -0.1) is 0 Å². The number of carbonyl (C=O) groups is 1. The van der Waals surface area contributed by atoms with Gasteiger partial charge in [-0.1, -0.05) is 42.5 Å². The third kappa shape index (κ3) is 5.59. The predicted octanol–water partition coefficient (Wildman–Crippen LogP) is 3.91. The Balaban J connectivity index is 1.43. The van der Waals surface area contributed by atoms with Crippen molar-refractivity contribution in [2.75, 3.05) is 26.3 Å². The lowest BCUT2D eigenvalue weighted by Crippen LogP contribution is -2.42. The molecule has 28 heavy (non-hydrogen) atoms. The molecule has 0 radical (unpaired) electrons. The van der Waals surface area contributed by atoms with Crippen LogP contribution < -0.4 is 4.74 Å². The zero-order chi connectivity index (χ0) is 19.8. The van der Waals surface area contributed by atoms with Crippen LogP contribution in [0.3, 0.4) is 0 Å². The highest BCUT2D eigenvalue weighted by molar-refractivity contribution is 5.81. The lowest BCUT2D eigenvalue weighted by molar-refractivity contribution is -0.149. The normalized spacial score (nSPS) is 14.5. The molecule has 5 heteroatoms. The lowest BCUT2D eigenvalue weighted by Gasteiger charge is -2.32. The average Bonchev–Trinajstić information content (AvgIpc) is 2.74. The molecular weight excluding hydrogens is 352 g/mol. The van der Waals surface area contributed by atoms with Crippen LogP contribution in [0.4, 0.5) is 0 Å². The van der Waals surface area contributed by atoms with Gasteiger partial charge in [0, 0.05) is 13.1 Å². The SMILES string of the molecule is CCOC(=O)C1CCN(C(=N)COc2ccc(Cc3ccccc3)cc2)CC1. The summed E-state index contributed by atoms with van der Waals surface area (Å²) in [6, 6.07) is 18.4. The van der Waals surface area contributed by atoms with Crippen LogP contribution in [0.15, 0.2) is 54.6 Å². The van der Waals surface area contributed by atoms with Crippen LogP contribution in [0.25, 0.3) is 0 Å². The van der Waals surface area contributed by atoms with E-state index in [4.69, 9.17) is 14.9 Å². The quantitative estimate of drug-likeness (QED) is 0.449. The molecule has 0 aliphatic carbocycles. The molecule has 0 saturated carbocycles. The summed E-state index contributed by atoms with van der Waals surface area (Å²) in [5.41, 5.74) is 2.51. The predicted molar refractivity (Wildman–Crippen MR) is 110 cm³/mol. The van der Waals surface area contributed by atoms with Crippen molar-refractivity contribution in [3.8, 4) is 5.75 Å². The van der Waals surface area contributed by atoms with E-state index in [2.05, 4.69) is 24.3 Å². The number of hydrogen-bond donors (Lipinski definition) is 1. The molecule has 2 aromatic carbocycles. The van der Waals surface area contributed by atoms with Crippen LogP contribution in [0.2, 0.25) is 0 Å². The Morgan fingerprint density at radius 2 is 1.68 bits per heavy atom. The van der Waals surface area contributed by atoms with Crippen molar-refractivity contribution in [1.82, 2.24) is 4.90 Å². The van der Waals surface area contributed by atoms with Gasteiger partial charge in [0.1, 0.15) is 18.2 Å². The molecule has 1 saturated heterocycles. The third-order valence-corrected chi connectivity index (χ3v) is 5.05. The first-order chi connectivity index (χ1) is 13.7. The monoisotopic (exact) mass is 380 g/mol. The summed E-state index contributed by atoms with van der Waals surface area (Å²) >= 11 is 0. The average molecular weight is 380 g/mol. The van der Waals surface area contributed by atoms with Gasteiger partial charge in [-0.05, 0) is 49.4 Å². The van der Waals surface area contributed by atoms with Gasteiger partial charge in [0.25, 0.3) is 0 Å². The molecule has 0 aromatic heterocycles. The molecule has 1 N–H and O–H groups in total. The van der Waals surface area contributed by atoms with Gasteiger partial charge in [0.05, 0.1) is 12.5 Å². The Morgan fingerprint density at radius 1 is 1.04 bits per heavy atom. The maximum absolute atomic E-state index is 11.8. The van der Waals surface area contributed by atoms with Crippen LogP contribution in [-0.2, 0) is 16.0 Å². The molecule has 0 amide bonds. The fourth-order valence-electron chi connectivity index (χ4n) is 3.42. The van der Waals surface area contributed by atoms with E-state index in [-0.39, 0.29) is 18.5 Å². The summed E-state index contributed by atoms with van der Waals surface area (Å²) in [5, 5.41) is 8.26. The van der Waals surface area contributed by atoms with E-state index < -0.39 is 0 Å². The molecule has 0 spiro atoms. The Labute approximate surface area is 166 Å². The standard InChI is InChI=1S/C23H28N2O3/c1-2-27-23(26)20-12-14-25(15-13-20)22(24)17-28-21-10-8-19(9-11-21)16-18-6-4-3-5-7-18/h3-11,20,24H,2,12-17H2,1H3. The lowest BCUT2D eigenvalue weighted by atomic mass is 9.97. The molecular formula is C23H28N2O3. The van der Waals surface area contributed by atoms with Crippen molar-refractivity contribution in [3.63, 3.8) is 0 Å². The Bertz CT molecular complexity index is 766. The van der Waals surface area contributed by atoms with Crippen LogP contribution in [-0.4, -0.2) is 43.0 Å². The van der Waals surface area contributed by atoms with Gasteiger partial charge >= 0.3 is 5.97 Å². The number of amidine groups is 1. The summed E-state index contributed by atoms with van der Waals surface area (Å²) in [5.74, 6) is 1.07. The van der Waals surface area contributed by atoms with Crippen molar-refractivity contribution < 1.29 is 14.3 Å². The van der Waals surface area contributed by atoms with Crippen molar-refractivity contribution in [2.24, 2.45) is 5.92 Å². The minimum absolute atomic E-state index is 0.0397. The highest BCUT2D eigenvalue weighted by atomic mass is 16.5. The van der Waals surface area contributed by atoms with Gasteiger partial charge in [-0.25, -0.2) is 0 Å². The van der Waals surface area contributed by atoms with Gasteiger partial charge in [0.2, 0.25) is 0 Å². The first-order valence-corrected chi connectivity index (χ1v) is 9.90. The topological polar surface area (TPSA) is 62.6 Å². The van der Waals surface area contributed by atoms with E-state index in [0.29, 0.717) is 25.5 Å². The molecule has 1 fully saturated rings. The fraction of sp³-hybridized carbons (Fsp3) is 0.391. The number of likely N-dealkylation sites (tertiary alicyclic amines) is 1. The van der Waals surface area contributed by atoms with Gasteiger partial charge in [-0.3, -0.25) is 10.2 Å². The fourth-order valence-corrected chi connectivity index (χ4v) is 3.42. The van der Waals surface area contributed by atoms with Crippen LogP contribution in [0.1, 0.15) is 30.9 Å². The van der Waals surface area contributed by atoms with E-state index in [1.54, 1.807) is 0 Å². The zero-order valence-electron chi connectivity index (χ0n) is 16.4. The molecule has 1 aliphatic heterocycles. The highest BCUT2D eigenvalue weighted by Gasteiger charge is 2.27. The molecule has 0 bridgehead atoms. The van der Waals surface area contributed by atoms with Gasteiger partial charge < -0.3 is 14.4 Å². The molecule has 2 aromatic rings. The number of nitrogens with zero attached hydrogens (tertiary/aromatic N) is 1. The second-order valence-electron chi connectivity index (χ2n) is 7.06. The van der Waals surface area contributed by atoms with Crippen LogP contribution in [0, 0.1) is 11.3 Å². The second-order valence-corrected chi connectivity index (χ2v) is 7.06. The molecule has 3 rings (SSSR count). The molecule has 148 valence electrons. The summed E-state index contributed by atoms with van der Waals surface area (Å²) in [7, 11) is 0. The maximum Gasteiger partial charge on any atom is 0.309 e. The summed E-state index contributed by atoms with van der Waals surface area (Å²) in [6.45, 7) is 3.88. The number of benzene rings is 2. The summed E-state index contributed by atoms with van der Waals surface area (Å²) in [4.78, 5) is 13.8. The Kier molecular flexibility index (Phi) is 7.06. The number of rotatable bonds is 7. The van der Waals surface area contributed by atoms with Crippen molar-refractivity contribution in [1.29, 1.82) is 5.41 Å². The van der Waals surface area contributed by atoms with Crippen molar-refractivity contribution >= 4 is 11.8 Å². The van der Waals surface area contributed by atoms with Crippen molar-refractivity contribution in [2.45, 2.75) is 26.2 Å². The Morgan fingerprint density at radius 3 is 2.32 bits per heavy atom. The number of carbonyl (C=O) groups excluding carboxylic acids is 1. The minimum atomic E-state index is -0.111. The Hall–Kier alpha value is -2.82. The number of piperidine rings is 1. The smallest absolute Gasteiger partial charge is 0.309 e. The number of nitrogens with one attached hydrogen (secondary N) is 1. The summed E-state index contributed by atoms with van der Waals surface area (Å²) < 4.78 is 10.9. The number of esters is 1. The number of hydrogen-bond acceptors (Lipinski definition) is 4. The van der Waals surface area contributed by atoms with E-state index in [1.165, 1.54) is 11.1 Å². The highest BCUT2D eigenvalue weighted by Crippen LogP contribution is 2.20. The largest absolute Gasteiger partial charge is 0.486 e. The second kappa shape index (κ2) is 9.93. The first kappa shape index (κ1) is 19.9. The van der Waals surface area contributed by atoms with Gasteiger partial charge in [0.15, 0.2) is 0 Å². The van der Waals surface area contributed by atoms with E-state index in [9.17, 15) is 4.79 Å². The molecule has 5 nitrogen and oxygen atoms in total. The molecule has 0 unspecified atom stereocenters. The van der Waals surface area contributed by atoms with Crippen molar-refractivity contribution in [3.05, 3.63) is 65.7 Å². The third-order valence-electron chi connectivity index (χ3n) is 5.05. The molecule has 1 aliphatic rings. The van der Waals surface area contributed by atoms with E-state index in [1.807, 2.05) is 42.2 Å². The van der Waals surface area contributed by atoms with Gasteiger partial charge in [-0.2, -0.15) is 0 Å². The number of ether oxygens (including phenoxy) is 2. The zero-order valence-corrected chi connectivity index (χ0v) is 16.4. The van der Waals surface area contributed by atoms with Crippen LogP contribution in [0.5, 0.6) is 5.75 Å². The minimum Gasteiger partial charge on any atom is -0.486 e. The van der Waals surface area contributed by atoms with E-state index >= 15 is 0 Å². The van der Waals surface area contributed by atoms with E-state index in [0.717, 1.165) is 25.0 Å². The van der Waals surface area contributed by atoms with Crippen LogP contribution >= 0.6 is 0 Å². The molecule has 0 atom stereocenters. The first-order valence-electron chi connectivity index (χ1n) is 9.90.